The van der Waals surface area contributed by atoms with Gasteiger partial charge in [-0.15, -0.1) is 0 Å². The van der Waals surface area contributed by atoms with E-state index in [1.54, 1.807) is 0 Å². The first-order valence-corrected chi connectivity index (χ1v) is 8.89. The van der Waals surface area contributed by atoms with Gasteiger partial charge in [0, 0.05) is 38.4 Å². The molecule has 3 rings (SSSR count). The van der Waals surface area contributed by atoms with Crippen LogP contribution in [0.5, 0.6) is 0 Å². The number of rotatable bonds is 5. The van der Waals surface area contributed by atoms with Gasteiger partial charge in [0.2, 0.25) is 11.8 Å². The van der Waals surface area contributed by atoms with Crippen LogP contribution < -0.4 is 0 Å². The molecule has 1 unspecified atom stereocenters. The standard InChI is InChI=1S/C17H28N4O2/c1-3-4-10-21-13-17(8-6-16(21)22)7-5-9-20(12-17)11-15-18-14(2)23-19-15/h3-13H2,1-2H3. The minimum absolute atomic E-state index is 0.263. The molecule has 0 bridgehead atoms. The molecule has 0 aliphatic carbocycles. The molecule has 0 saturated carbocycles. The molecule has 23 heavy (non-hydrogen) atoms. The summed E-state index contributed by atoms with van der Waals surface area (Å²) in [7, 11) is 0. The Hall–Kier alpha value is -1.43. The van der Waals surface area contributed by atoms with Gasteiger partial charge in [-0.2, -0.15) is 4.98 Å². The third-order valence-electron chi connectivity index (χ3n) is 5.20. The van der Waals surface area contributed by atoms with Crippen LogP contribution in [-0.2, 0) is 11.3 Å². The number of hydrogen-bond acceptors (Lipinski definition) is 5. The molecule has 2 aliphatic heterocycles. The lowest BCUT2D eigenvalue weighted by Crippen LogP contribution is -2.54. The first kappa shape index (κ1) is 16.4. The minimum Gasteiger partial charge on any atom is -0.342 e. The van der Waals surface area contributed by atoms with Crippen LogP contribution in [0.4, 0.5) is 0 Å². The van der Waals surface area contributed by atoms with Crippen LogP contribution in [0, 0.1) is 12.3 Å². The van der Waals surface area contributed by atoms with Crippen molar-refractivity contribution in [3.8, 4) is 0 Å². The summed E-state index contributed by atoms with van der Waals surface area (Å²) in [5.74, 6) is 1.74. The smallest absolute Gasteiger partial charge is 0.223 e. The fraction of sp³-hybridized carbons (Fsp3) is 0.824. The predicted molar refractivity (Wildman–Crippen MR) is 86.7 cm³/mol. The van der Waals surface area contributed by atoms with Crippen molar-refractivity contribution in [2.75, 3.05) is 26.2 Å². The zero-order chi connectivity index (χ0) is 16.3. The van der Waals surface area contributed by atoms with E-state index < -0.39 is 0 Å². The van der Waals surface area contributed by atoms with Gasteiger partial charge in [0.25, 0.3) is 0 Å². The normalized spacial score (nSPS) is 26.2. The molecule has 0 N–H and O–H groups in total. The highest BCUT2D eigenvalue weighted by molar-refractivity contribution is 5.77. The van der Waals surface area contributed by atoms with Crippen molar-refractivity contribution in [2.45, 2.75) is 58.9 Å². The largest absolute Gasteiger partial charge is 0.342 e. The number of aromatic nitrogens is 2. The number of carbonyl (C=O) groups is 1. The third-order valence-corrected chi connectivity index (χ3v) is 5.20. The van der Waals surface area contributed by atoms with E-state index >= 15 is 0 Å². The lowest BCUT2D eigenvalue weighted by atomic mass is 9.73. The summed E-state index contributed by atoms with van der Waals surface area (Å²) in [4.78, 5) is 21.0. The van der Waals surface area contributed by atoms with E-state index in [-0.39, 0.29) is 5.41 Å². The number of unbranched alkanes of at least 4 members (excludes halogenated alkanes) is 1. The molecule has 0 aromatic carbocycles. The molecule has 1 atom stereocenters. The maximum Gasteiger partial charge on any atom is 0.223 e. The van der Waals surface area contributed by atoms with Gasteiger partial charge < -0.3 is 9.42 Å². The Morgan fingerprint density at radius 3 is 2.91 bits per heavy atom. The van der Waals surface area contributed by atoms with Crippen molar-refractivity contribution >= 4 is 5.91 Å². The van der Waals surface area contributed by atoms with Gasteiger partial charge in [-0.1, -0.05) is 18.5 Å². The van der Waals surface area contributed by atoms with Crippen molar-refractivity contribution in [1.29, 1.82) is 0 Å². The summed E-state index contributed by atoms with van der Waals surface area (Å²) < 4.78 is 5.08. The predicted octanol–water partition coefficient (Wildman–Crippen LogP) is 2.38. The molecule has 128 valence electrons. The molecule has 1 aromatic rings. The van der Waals surface area contributed by atoms with Crippen LogP contribution in [0.2, 0.25) is 0 Å². The number of nitrogens with zero attached hydrogens (tertiary/aromatic N) is 4. The van der Waals surface area contributed by atoms with Gasteiger partial charge in [-0.3, -0.25) is 9.69 Å². The molecular weight excluding hydrogens is 292 g/mol. The second-order valence-corrected chi connectivity index (χ2v) is 7.21. The summed E-state index contributed by atoms with van der Waals surface area (Å²) in [5.41, 5.74) is 0.263. The van der Waals surface area contributed by atoms with E-state index in [0.29, 0.717) is 18.2 Å². The number of hydrogen-bond donors (Lipinski definition) is 0. The van der Waals surface area contributed by atoms with E-state index in [1.807, 2.05) is 6.92 Å². The molecule has 3 heterocycles. The second kappa shape index (κ2) is 6.99. The lowest BCUT2D eigenvalue weighted by Gasteiger charge is -2.48. The van der Waals surface area contributed by atoms with Crippen LogP contribution in [0.1, 0.15) is 57.2 Å². The first-order chi connectivity index (χ1) is 11.1. The maximum absolute atomic E-state index is 12.2. The van der Waals surface area contributed by atoms with Crippen LogP contribution in [0.15, 0.2) is 4.52 Å². The van der Waals surface area contributed by atoms with Crippen LogP contribution >= 0.6 is 0 Å². The Labute approximate surface area is 138 Å². The number of likely N-dealkylation sites (tertiary alicyclic amines) is 2. The number of carbonyl (C=O) groups excluding carboxylic acids is 1. The summed E-state index contributed by atoms with van der Waals surface area (Å²) in [6.45, 7) is 8.72. The Morgan fingerprint density at radius 1 is 1.30 bits per heavy atom. The van der Waals surface area contributed by atoms with Crippen LogP contribution in [-0.4, -0.2) is 52.0 Å². The fourth-order valence-corrected chi connectivity index (χ4v) is 4.04. The SMILES string of the molecule is CCCCN1CC2(CCCN(Cc3noc(C)n3)C2)CCC1=O. The first-order valence-electron chi connectivity index (χ1n) is 8.89. The fourth-order valence-electron chi connectivity index (χ4n) is 4.04. The highest BCUT2D eigenvalue weighted by Crippen LogP contribution is 2.39. The molecule has 2 fully saturated rings. The number of amides is 1. The molecule has 2 saturated heterocycles. The number of piperidine rings is 2. The quantitative estimate of drug-likeness (QED) is 0.833. The van der Waals surface area contributed by atoms with E-state index in [2.05, 4.69) is 26.9 Å². The van der Waals surface area contributed by atoms with Gasteiger partial charge >= 0.3 is 0 Å². The third kappa shape index (κ3) is 3.91. The van der Waals surface area contributed by atoms with Gasteiger partial charge in [-0.05, 0) is 32.2 Å². The molecule has 6 heteroatoms. The average Bonchev–Trinajstić information content (AvgIpc) is 2.94. The summed E-state index contributed by atoms with van der Waals surface area (Å²) in [5, 5.41) is 4.02. The van der Waals surface area contributed by atoms with Gasteiger partial charge in [0.05, 0.1) is 6.54 Å². The van der Waals surface area contributed by atoms with Crippen LogP contribution in [0.3, 0.4) is 0 Å². The van der Waals surface area contributed by atoms with E-state index in [1.165, 1.54) is 12.8 Å². The summed E-state index contributed by atoms with van der Waals surface area (Å²) in [6.07, 6.45) is 6.39. The molecule has 6 nitrogen and oxygen atoms in total. The van der Waals surface area contributed by atoms with Crippen LogP contribution in [0.25, 0.3) is 0 Å². The molecule has 1 spiro atoms. The molecule has 2 aliphatic rings. The summed E-state index contributed by atoms with van der Waals surface area (Å²) in [6, 6.07) is 0. The second-order valence-electron chi connectivity index (χ2n) is 7.21. The Kier molecular flexibility index (Phi) is 4.99. The Balaban J connectivity index is 1.63. The lowest BCUT2D eigenvalue weighted by molar-refractivity contribution is -0.139. The van der Waals surface area contributed by atoms with Gasteiger partial charge in [0.15, 0.2) is 5.82 Å². The minimum atomic E-state index is 0.263. The summed E-state index contributed by atoms with van der Waals surface area (Å²) >= 11 is 0. The average molecular weight is 320 g/mol. The topological polar surface area (TPSA) is 62.5 Å². The van der Waals surface area contributed by atoms with E-state index in [4.69, 9.17) is 4.52 Å². The zero-order valence-corrected chi connectivity index (χ0v) is 14.4. The molecule has 0 radical (unpaired) electrons. The van der Waals surface area contributed by atoms with Crippen molar-refractivity contribution in [1.82, 2.24) is 19.9 Å². The molecule has 1 amide bonds. The van der Waals surface area contributed by atoms with Crippen molar-refractivity contribution in [3.05, 3.63) is 11.7 Å². The zero-order valence-electron chi connectivity index (χ0n) is 14.4. The Morgan fingerprint density at radius 2 is 2.17 bits per heavy atom. The highest BCUT2D eigenvalue weighted by Gasteiger charge is 2.41. The molecular formula is C17H28N4O2. The van der Waals surface area contributed by atoms with Crippen molar-refractivity contribution in [2.24, 2.45) is 5.41 Å². The van der Waals surface area contributed by atoms with E-state index in [9.17, 15) is 4.79 Å². The van der Waals surface area contributed by atoms with Crippen molar-refractivity contribution < 1.29 is 9.32 Å². The van der Waals surface area contributed by atoms with Crippen molar-refractivity contribution in [3.63, 3.8) is 0 Å². The molecule has 1 aromatic heterocycles. The monoisotopic (exact) mass is 320 g/mol. The number of aryl methyl sites for hydroxylation is 1. The van der Waals surface area contributed by atoms with Gasteiger partial charge in [0.1, 0.15) is 0 Å². The maximum atomic E-state index is 12.2. The Bertz CT molecular complexity index is 544. The highest BCUT2D eigenvalue weighted by atomic mass is 16.5. The van der Waals surface area contributed by atoms with E-state index in [0.717, 1.165) is 57.8 Å². The van der Waals surface area contributed by atoms with Gasteiger partial charge in [-0.25, -0.2) is 0 Å².